The minimum absolute atomic E-state index is 0.313. The largest absolute Gasteiger partial charge is 0.395 e. The van der Waals surface area contributed by atoms with E-state index < -0.39 is 0 Å². The van der Waals surface area contributed by atoms with Crippen molar-refractivity contribution in [3.63, 3.8) is 0 Å². The standard InChI is InChI=1S/C15H30N2O/c1-13-9-16(2)11-15(12-18)17(10-13)14-7-5-3-4-6-8-14/h13-15,18H,3-12H2,1-2H3. The van der Waals surface area contributed by atoms with Gasteiger partial charge < -0.3 is 10.0 Å². The Balaban J connectivity index is 2.05. The fourth-order valence-corrected chi connectivity index (χ4v) is 3.84. The first-order chi connectivity index (χ1) is 8.70. The van der Waals surface area contributed by atoms with Gasteiger partial charge in [0.2, 0.25) is 0 Å². The van der Waals surface area contributed by atoms with Gasteiger partial charge in [0.15, 0.2) is 0 Å². The van der Waals surface area contributed by atoms with Gasteiger partial charge in [0.25, 0.3) is 0 Å². The quantitative estimate of drug-likeness (QED) is 0.763. The lowest BCUT2D eigenvalue weighted by Crippen LogP contribution is -2.48. The summed E-state index contributed by atoms with van der Waals surface area (Å²) >= 11 is 0. The molecule has 0 spiro atoms. The highest BCUT2D eigenvalue weighted by Gasteiger charge is 2.31. The van der Waals surface area contributed by atoms with Crippen molar-refractivity contribution in [3.8, 4) is 0 Å². The van der Waals surface area contributed by atoms with E-state index >= 15 is 0 Å². The van der Waals surface area contributed by atoms with Crippen LogP contribution < -0.4 is 0 Å². The Morgan fingerprint density at radius 1 is 1.00 bits per heavy atom. The molecule has 1 saturated heterocycles. The molecule has 2 aliphatic rings. The van der Waals surface area contributed by atoms with Gasteiger partial charge in [-0.2, -0.15) is 0 Å². The van der Waals surface area contributed by atoms with E-state index in [2.05, 4.69) is 23.8 Å². The van der Waals surface area contributed by atoms with Crippen LogP contribution in [0.3, 0.4) is 0 Å². The molecule has 2 fully saturated rings. The maximum atomic E-state index is 9.72. The van der Waals surface area contributed by atoms with E-state index in [9.17, 15) is 5.11 Å². The summed E-state index contributed by atoms with van der Waals surface area (Å²) in [4.78, 5) is 5.03. The summed E-state index contributed by atoms with van der Waals surface area (Å²) in [6, 6.07) is 1.07. The van der Waals surface area contributed by atoms with Crippen LogP contribution in [0.15, 0.2) is 0 Å². The third kappa shape index (κ3) is 3.69. The van der Waals surface area contributed by atoms with Crippen molar-refractivity contribution in [1.82, 2.24) is 9.80 Å². The zero-order valence-corrected chi connectivity index (χ0v) is 12.1. The molecule has 1 aliphatic heterocycles. The maximum Gasteiger partial charge on any atom is 0.0599 e. The van der Waals surface area contributed by atoms with Gasteiger partial charge in [0.1, 0.15) is 0 Å². The molecule has 106 valence electrons. The molecule has 3 nitrogen and oxygen atoms in total. The summed E-state index contributed by atoms with van der Waals surface area (Å²) in [5.41, 5.74) is 0. The smallest absolute Gasteiger partial charge is 0.0599 e. The summed E-state index contributed by atoms with van der Waals surface area (Å²) in [6.07, 6.45) is 8.25. The fraction of sp³-hybridized carbons (Fsp3) is 1.00. The number of rotatable bonds is 2. The molecule has 1 heterocycles. The van der Waals surface area contributed by atoms with Crippen LogP contribution in [0, 0.1) is 5.92 Å². The van der Waals surface area contributed by atoms with Gasteiger partial charge >= 0.3 is 0 Å². The van der Waals surface area contributed by atoms with Crippen molar-refractivity contribution in [3.05, 3.63) is 0 Å². The summed E-state index contributed by atoms with van der Waals surface area (Å²) in [6.45, 7) is 6.02. The minimum atomic E-state index is 0.313. The third-order valence-electron chi connectivity index (χ3n) is 4.64. The lowest BCUT2D eigenvalue weighted by atomic mass is 10.0. The van der Waals surface area contributed by atoms with Gasteiger partial charge in [-0.1, -0.05) is 32.6 Å². The van der Waals surface area contributed by atoms with Gasteiger partial charge in [0.05, 0.1) is 6.61 Å². The molecule has 2 rings (SSSR count). The van der Waals surface area contributed by atoms with Crippen LogP contribution in [-0.2, 0) is 0 Å². The zero-order valence-electron chi connectivity index (χ0n) is 12.1. The molecule has 1 N–H and O–H groups in total. The molecule has 0 bridgehead atoms. The van der Waals surface area contributed by atoms with Crippen molar-refractivity contribution in [2.45, 2.75) is 57.5 Å². The van der Waals surface area contributed by atoms with E-state index in [1.807, 2.05) is 0 Å². The van der Waals surface area contributed by atoms with Crippen molar-refractivity contribution < 1.29 is 5.11 Å². The van der Waals surface area contributed by atoms with Crippen LogP contribution >= 0.6 is 0 Å². The van der Waals surface area contributed by atoms with Crippen molar-refractivity contribution in [2.24, 2.45) is 5.92 Å². The van der Waals surface area contributed by atoms with Crippen molar-refractivity contribution >= 4 is 0 Å². The molecule has 2 unspecified atom stereocenters. The Morgan fingerprint density at radius 2 is 1.67 bits per heavy atom. The molecule has 0 aromatic rings. The Hall–Kier alpha value is -0.120. The van der Waals surface area contributed by atoms with E-state index in [1.165, 1.54) is 51.6 Å². The minimum Gasteiger partial charge on any atom is -0.395 e. The lowest BCUT2D eigenvalue weighted by molar-refractivity contribution is 0.0690. The summed E-state index contributed by atoms with van der Waals surface area (Å²) < 4.78 is 0. The van der Waals surface area contributed by atoms with Gasteiger partial charge in [-0.15, -0.1) is 0 Å². The summed E-state index contributed by atoms with van der Waals surface area (Å²) in [7, 11) is 2.19. The second-order valence-electron chi connectivity index (χ2n) is 6.50. The van der Waals surface area contributed by atoms with Crippen LogP contribution in [0.5, 0.6) is 0 Å². The second kappa shape index (κ2) is 6.88. The normalized spacial score (nSPS) is 34.2. The topological polar surface area (TPSA) is 26.7 Å². The first kappa shape index (κ1) is 14.3. The van der Waals surface area contributed by atoms with Crippen molar-refractivity contribution in [1.29, 1.82) is 0 Å². The lowest BCUT2D eigenvalue weighted by Gasteiger charge is -2.37. The van der Waals surface area contributed by atoms with Gasteiger partial charge in [0, 0.05) is 31.7 Å². The molecule has 1 saturated carbocycles. The van der Waals surface area contributed by atoms with Crippen LogP contribution in [0.4, 0.5) is 0 Å². The Kier molecular flexibility index (Phi) is 5.46. The highest BCUT2D eigenvalue weighted by Crippen LogP contribution is 2.26. The first-order valence-corrected chi connectivity index (χ1v) is 7.76. The van der Waals surface area contributed by atoms with Gasteiger partial charge in [-0.25, -0.2) is 0 Å². The highest BCUT2D eigenvalue weighted by atomic mass is 16.3. The first-order valence-electron chi connectivity index (χ1n) is 7.76. The Bertz CT molecular complexity index is 239. The van der Waals surface area contributed by atoms with E-state index in [4.69, 9.17) is 0 Å². The molecule has 18 heavy (non-hydrogen) atoms. The number of likely N-dealkylation sites (N-methyl/N-ethyl adjacent to an activating group) is 1. The number of hydrogen-bond acceptors (Lipinski definition) is 3. The summed E-state index contributed by atoms with van der Waals surface area (Å²) in [5, 5.41) is 9.72. The van der Waals surface area contributed by atoms with E-state index in [-0.39, 0.29) is 0 Å². The fourth-order valence-electron chi connectivity index (χ4n) is 3.84. The molecular weight excluding hydrogens is 224 g/mol. The molecule has 0 amide bonds. The Morgan fingerprint density at radius 3 is 2.28 bits per heavy atom. The highest BCUT2D eigenvalue weighted by molar-refractivity contribution is 4.86. The molecule has 0 radical (unpaired) electrons. The molecule has 0 aromatic heterocycles. The average molecular weight is 254 g/mol. The van der Waals surface area contributed by atoms with E-state index in [0.717, 1.165) is 18.5 Å². The van der Waals surface area contributed by atoms with Crippen LogP contribution in [0.2, 0.25) is 0 Å². The van der Waals surface area contributed by atoms with Crippen molar-refractivity contribution in [2.75, 3.05) is 33.3 Å². The van der Waals surface area contributed by atoms with Gasteiger partial charge in [-0.05, 0) is 25.8 Å². The monoisotopic (exact) mass is 254 g/mol. The number of aliphatic hydroxyl groups excluding tert-OH is 1. The van der Waals surface area contributed by atoms with Crippen LogP contribution in [-0.4, -0.2) is 60.3 Å². The predicted molar refractivity (Wildman–Crippen MR) is 75.7 cm³/mol. The number of hydrogen-bond donors (Lipinski definition) is 1. The Labute approximate surface area is 112 Å². The second-order valence-corrected chi connectivity index (χ2v) is 6.50. The molecule has 3 heteroatoms. The molecule has 0 aromatic carbocycles. The van der Waals surface area contributed by atoms with E-state index in [1.54, 1.807) is 0 Å². The van der Waals surface area contributed by atoms with Crippen LogP contribution in [0.25, 0.3) is 0 Å². The predicted octanol–water partition coefficient (Wildman–Crippen LogP) is 1.95. The average Bonchev–Trinajstić information content (AvgIpc) is 2.67. The third-order valence-corrected chi connectivity index (χ3v) is 4.64. The molecular formula is C15H30N2O. The number of nitrogens with zero attached hydrogens (tertiary/aromatic N) is 2. The maximum absolute atomic E-state index is 9.72. The molecule has 2 atom stereocenters. The summed E-state index contributed by atoms with van der Waals surface area (Å²) in [5.74, 6) is 0.717. The van der Waals surface area contributed by atoms with Crippen LogP contribution in [0.1, 0.15) is 45.4 Å². The zero-order chi connectivity index (χ0) is 13.0. The molecule has 1 aliphatic carbocycles. The van der Waals surface area contributed by atoms with Gasteiger partial charge in [-0.3, -0.25) is 4.90 Å². The van der Waals surface area contributed by atoms with E-state index in [0.29, 0.717) is 12.6 Å². The SMILES string of the molecule is CC1CN(C)CC(CO)N(C2CCCCCC2)C1. The number of aliphatic hydroxyl groups is 1.